The van der Waals surface area contributed by atoms with Crippen LogP contribution >= 0.6 is 0 Å². The molecule has 4 nitrogen and oxygen atoms in total. The van der Waals surface area contributed by atoms with Gasteiger partial charge in [-0.1, -0.05) is 19.9 Å². The van der Waals surface area contributed by atoms with Crippen LogP contribution in [0.3, 0.4) is 0 Å². The molecule has 0 radical (unpaired) electrons. The molecule has 0 bridgehead atoms. The zero-order valence-electron chi connectivity index (χ0n) is 13.3. The number of nitrogens with one attached hydrogen (secondary N) is 1. The second-order valence-corrected chi connectivity index (χ2v) is 6.48. The van der Waals surface area contributed by atoms with Crippen molar-refractivity contribution < 1.29 is 9.90 Å². The summed E-state index contributed by atoms with van der Waals surface area (Å²) in [5, 5.41) is 12.3. The number of benzene rings is 2. The normalized spacial score (nSPS) is 15.9. The first-order chi connectivity index (χ1) is 11.0. The molecule has 0 unspecified atom stereocenters. The maximum absolute atomic E-state index is 10.8. The number of hydrogen-bond acceptors (Lipinski definition) is 3. The van der Waals surface area contributed by atoms with Crippen molar-refractivity contribution in [3.8, 4) is 0 Å². The van der Waals surface area contributed by atoms with Crippen molar-refractivity contribution in [3.05, 3.63) is 59.2 Å². The molecule has 0 spiro atoms. The van der Waals surface area contributed by atoms with Gasteiger partial charge in [0.1, 0.15) is 0 Å². The maximum atomic E-state index is 10.8. The third-order valence-corrected chi connectivity index (χ3v) is 4.32. The van der Waals surface area contributed by atoms with Gasteiger partial charge in [-0.25, -0.2) is 4.79 Å². The molecule has 23 heavy (non-hydrogen) atoms. The number of anilines is 1. The van der Waals surface area contributed by atoms with Gasteiger partial charge < -0.3 is 10.4 Å². The first kappa shape index (κ1) is 15.3. The molecule has 0 aromatic heterocycles. The Hall–Kier alpha value is -2.62. The fourth-order valence-corrected chi connectivity index (χ4v) is 2.84. The quantitative estimate of drug-likeness (QED) is 0.834. The minimum atomic E-state index is -0.926. The van der Waals surface area contributed by atoms with E-state index in [2.05, 4.69) is 36.3 Å². The van der Waals surface area contributed by atoms with E-state index in [-0.39, 0.29) is 11.0 Å². The second kappa shape index (κ2) is 5.88. The third-order valence-electron chi connectivity index (χ3n) is 4.32. The Morgan fingerprint density at radius 2 is 1.96 bits per heavy atom. The molecule has 0 aliphatic carbocycles. The predicted octanol–water partition coefficient (Wildman–Crippen LogP) is 4.23. The molecule has 118 valence electrons. The Morgan fingerprint density at radius 1 is 1.22 bits per heavy atom. The van der Waals surface area contributed by atoms with Crippen molar-refractivity contribution >= 4 is 23.6 Å². The summed E-state index contributed by atoms with van der Waals surface area (Å²) < 4.78 is 0. The van der Waals surface area contributed by atoms with Crippen LogP contribution in [0.1, 0.15) is 41.8 Å². The van der Waals surface area contributed by atoms with Crippen LogP contribution in [0.25, 0.3) is 0 Å². The summed E-state index contributed by atoms with van der Waals surface area (Å²) in [6.45, 7) is 5.53. The molecule has 2 aromatic carbocycles. The van der Waals surface area contributed by atoms with Crippen molar-refractivity contribution in [2.75, 3.05) is 11.9 Å². The Labute approximate surface area is 135 Å². The molecule has 0 atom stereocenters. The Bertz CT molecular complexity index is 761. The van der Waals surface area contributed by atoms with E-state index in [0.29, 0.717) is 0 Å². The van der Waals surface area contributed by atoms with Crippen molar-refractivity contribution in [3.63, 3.8) is 0 Å². The van der Waals surface area contributed by atoms with Gasteiger partial charge in [-0.15, -0.1) is 0 Å². The fourth-order valence-electron chi connectivity index (χ4n) is 2.84. The number of carbonyl (C=O) groups is 1. The molecule has 1 heterocycles. The van der Waals surface area contributed by atoms with Gasteiger partial charge in [0.05, 0.1) is 11.3 Å². The first-order valence-electron chi connectivity index (χ1n) is 7.71. The number of aliphatic imine (C=N–C) groups is 1. The standard InChI is InChI=1S/C19H20N2O2/c1-19(2)9-10-20-17-8-3-13(11-16(17)19)12-21-15-6-4-14(5-7-15)18(22)23/h3-8,11-12,20H,9-10H2,1-2H3,(H,22,23). The van der Waals surface area contributed by atoms with E-state index < -0.39 is 5.97 Å². The van der Waals surface area contributed by atoms with Crippen LogP contribution in [0.5, 0.6) is 0 Å². The molecular formula is C19H20N2O2. The SMILES string of the molecule is CC1(C)CCNc2ccc(C=Nc3ccc(C(=O)O)cc3)cc21. The van der Waals surface area contributed by atoms with Crippen molar-refractivity contribution in [1.29, 1.82) is 0 Å². The molecular weight excluding hydrogens is 288 g/mol. The van der Waals surface area contributed by atoms with Crippen LogP contribution in [0.15, 0.2) is 47.5 Å². The maximum Gasteiger partial charge on any atom is 0.335 e. The predicted molar refractivity (Wildman–Crippen MR) is 93.2 cm³/mol. The van der Waals surface area contributed by atoms with Crippen LogP contribution in [0.2, 0.25) is 0 Å². The van der Waals surface area contributed by atoms with Gasteiger partial charge in [-0.3, -0.25) is 4.99 Å². The van der Waals surface area contributed by atoms with E-state index in [0.717, 1.165) is 24.2 Å². The summed E-state index contributed by atoms with van der Waals surface area (Å²) >= 11 is 0. The zero-order chi connectivity index (χ0) is 16.4. The van der Waals surface area contributed by atoms with Gasteiger partial charge in [-0.05, 0) is 59.4 Å². The number of hydrogen-bond donors (Lipinski definition) is 2. The van der Waals surface area contributed by atoms with Crippen LogP contribution in [-0.4, -0.2) is 23.8 Å². The smallest absolute Gasteiger partial charge is 0.335 e. The van der Waals surface area contributed by atoms with E-state index in [9.17, 15) is 4.79 Å². The highest BCUT2D eigenvalue weighted by Gasteiger charge is 2.27. The molecule has 2 N–H and O–H groups in total. The van der Waals surface area contributed by atoms with Gasteiger partial charge in [-0.2, -0.15) is 0 Å². The highest BCUT2D eigenvalue weighted by Crippen LogP contribution is 2.36. The number of carboxylic acid groups (broad SMARTS) is 1. The molecule has 4 heteroatoms. The highest BCUT2D eigenvalue weighted by molar-refractivity contribution is 5.88. The average molecular weight is 308 g/mol. The van der Waals surface area contributed by atoms with Gasteiger partial charge in [0.15, 0.2) is 0 Å². The number of rotatable bonds is 3. The number of fused-ring (bicyclic) bond motifs is 1. The van der Waals surface area contributed by atoms with Gasteiger partial charge >= 0.3 is 5.97 Å². The van der Waals surface area contributed by atoms with Crippen molar-refractivity contribution in [2.45, 2.75) is 25.7 Å². The van der Waals surface area contributed by atoms with Crippen molar-refractivity contribution in [1.82, 2.24) is 0 Å². The lowest BCUT2D eigenvalue weighted by Crippen LogP contribution is -2.28. The number of carboxylic acids is 1. The lowest BCUT2D eigenvalue weighted by Gasteiger charge is -2.33. The lowest BCUT2D eigenvalue weighted by molar-refractivity contribution is 0.0697. The molecule has 1 aliphatic rings. The molecule has 2 aromatic rings. The topological polar surface area (TPSA) is 61.7 Å². The molecule has 0 saturated carbocycles. The second-order valence-electron chi connectivity index (χ2n) is 6.48. The molecule has 0 saturated heterocycles. The first-order valence-corrected chi connectivity index (χ1v) is 7.71. The summed E-state index contributed by atoms with van der Waals surface area (Å²) in [4.78, 5) is 15.3. The number of nitrogens with zero attached hydrogens (tertiary/aromatic N) is 1. The lowest BCUT2D eigenvalue weighted by atomic mass is 9.78. The summed E-state index contributed by atoms with van der Waals surface area (Å²) in [6.07, 6.45) is 2.93. The molecule has 0 fully saturated rings. The van der Waals surface area contributed by atoms with E-state index >= 15 is 0 Å². The van der Waals surface area contributed by atoms with Gasteiger partial charge in [0.25, 0.3) is 0 Å². The fraction of sp³-hybridized carbons (Fsp3) is 0.263. The van der Waals surface area contributed by atoms with Crippen LogP contribution in [0, 0.1) is 0 Å². The molecule has 3 rings (SSSR count). The Morgan fingerprint density at radius 3 is 2.65 bits per heavy atom. The Balaban J connectivity index is 1.84. The van der Waals surface area contributed by atoms with Gasteiger partial charge in [0.2, 0.25) is 0 Å². The molecule has 1 aliphatic heterocycles. The average Bonchev–Trinajstić information content (AvgIpc) is 2.53. The minimum Gasteiger partial charge on any atom is -0.478 e. The summed E-state index contributed by atoms with van der Waals surface area (Å²) in [7, 11) is 0. The van der Waals surface area contributed by atoms with E-state index in [1.807, 2.05) is 12.3 Å². The Kier molecular flexibility index (Phi) is 3.90. The third kappa shape index (κ3) is 3.26. The summed E-state index contributed by atoms with van der Waals surface area (Å²) in [6, 6.07) is 12.9. The van der Waals surface area contributed by atoms with Crippen LogP contribution in [-0.2, 0) is 5.41 Å². The van der Waals surface area contributed by atoms with Crippen LogP contribution < -0.4 is 5.32 Å². The van der Waals surface area contributed by atoms with Crippen molar-refractivity contribution in [2.24, 2.45) is 4.99 Å². The van der Waals surface area contributed by atoms with Crippen LogP contribution in [0.4, 0.5) is 11.4 Å². The summed E-state index contributed by atoms with van der Waals surface area (Å²) in [5.41, 5.74) is 4.73. The van der Waals surface area contributed by atoms with Gasteiger partial charge in [0, 0.05) is 18.4 Å². The largest absolute Gasteiger partial charge is 0.478 e. The monoisotopic (exact) mass is 308 g/mol. The minimum absolute atomic E-state index is 0.160. The zero-order valence-corrected chi connectivity index (χ0v) is 13.3. The highest BCUT2D eigenvalue weighted by atomic mass is 16.4. The van der Waals surface area contributed by atoms with E-state index in [4.69, 9.17) is 5.11 Å². The number of aromatic carboxylic acids is 1. The van der Waals surface area contributed by atoms with E-state index in [1.54, 1.807) is 24.3 Å². The van der Waals surface area contributed by atoms with E-state index in [1.165, 1.54) is 11.3 Å². The summed E-state index contributed by atoms with van der Waals surface area (Å²) in [5.74, 6) is -0.926. The molecule has 0 amide bonds.